The van der Waals surface area contributed by atoms with Gasteiger partial charge >= 0.3 is 12.1 Å². The van der Waals surface area contributed by atoms with Crippen LogP contribution in [0.1, 0.15) is 35.3 Å². The van der Waals surface area contributed by atoms with Crippen LogP contribution in [0.3, 0.4) is 0 Å². The number of anilines is 2. The Bertz CT molecular complexity index is 1210. The van der Waals surface area contributed by atoms with Crippen molar-refractivity contribution in [3.8, 4) is 11.1 Å². The van der Waals surface area contributed by atoms with Crippen molar-refractivity contribution < 1.29 is 27.9 Å². The van der Waals surface area contributed by atoms with Crippen LogP contribution in [0.25, 0.3) is 11.1 Å². The van der Waals surface area contributed by atoms with Crippen LogP contribution >= 0.6 is 0 Å². The largest absolute Gasteiger partial charge is 0.478 e. The third-order valence-corrected chi connectivity index (χ3v) is 5.13. The maximum absolute atomic E-state index is 13.9. The first-order valence-corrected chi connectivity index (χ1v) is 9.10. The number of benzene rings is 1. The smallest absolute Gasteiger partial charge is 0.417 e. The highest BCUT2D eigenvalue weighted by Crippen LogP contribution is 2.49. The summed E-state index contributed by atoms with van der Waals surface area (Å²) < 4.78 is 41.8. The Kier molecular flexibility index (Phi) is 4.53. The van der Waals surface area contributed by atoms with Crippen LogP contribution in [0.15, 0.2) is 48.9 Å². The fourth-order valence-corrected chi connectivity index (χ4v) is 3.80. The van der Waals surface area contributed by atoms with Crippen molar-refractivity contribution in [2.24, 2.45) is 0 Å². The summed E-state index contributed by atoms with van der Waals surface area (Å²) in [7, 11) is 0. The molecule has 4 rings (SSSR count). The minimum atomic E-state index is -4.94. The number of rotatable bonds is 3. The number of alkyl halides is 3. The Hall–Kier alpha value is -3.82. The lowest BCUT2D eigenvalue weighted by Crippen LogP contribution is -2.34. The minimum absolute atomic E-state index is 0.0410. The standard InChI is InChI=1S/C21H15F3N4O3/c1-20(2)15-12(11-5-3-6-13(17(29)30)14(11)21(22,23)24)7-10-25-16(15)28(18(20)31)19-26-8-4-9-27-19/h3-10H,1-2H3,(H,29,30). The van der Waals surface area contributed by atoms with E-state index in [0.29, 0.717) is 0 Å². The van der Waals surface area contributed by atoms with Gasteiger partial charge in [-0.15, -0.1) is 0 Å². The van der Waals surface area contributed by atoms with E-state index < -0.39 is 34.6 Å². The van der Waals surface area contributed by atoms with E-state index in [2.05, 4.69) is 15.0 Å². The van der Waals surface area contributed by atoms with Crippen molar-refractivity contribution in [1.29, 1.82) is 0 Å². The van der Waals surface area contributed by atoms with Gasteiger partial charge in [-0.1, -0.05) is 12.1 Å². The van der Waals surface area contributed by atoms with Crippen LogP contribution in [0.4, 0.5) is 24.9 Å². The quantitative estimate of drug-likeness (QED) is 0.671. The molecule has 31 heavy (non-hydrogen) atoms. The van der Waals surface area contributed by atoms with Crippen molar-refractivity contribution in [3.05, 3.63) is 65.6 Å². The summed E-state index contributed by atoms with van der Waals surface area (Å²) in [5, 5.41) is 9.34. The molecule has 0 bridgehead atoms. The first-order valence-electron chi connectivity index (χ1n) is 9.10. The second kappa shape index (κ2) is 6.86. The van der Waals surface area contributed by atoms with E-state index >= 15 is 0 Å². The highest BCUT2D eigenvalue weighted by molar-refractivity contribution is 6.12. The average Bonchev–Trinajstić information content (AvgIpc) is 2.93. The summed E-state index contributed by atoms with van der Waals surface area (Å²) in [5.74, 6) is -2.02. The fourth-order valence-electron chi connectivity index (χ4n) is 3.80. The third-order valence-electron chi connectivity index (χ3n) is 5.13. The molecule has 158 valence electrons. The highest BCUT2D eigenvalue weighted by Gasteiger charge is 2.49. The van der Waals surface area contributed by atoms with Crippen molar-refractivity contribution in [2.75, 3.05) is 4.90 Å². The molecule has 10 heteroatoms. The summed E-state index contributed by atoms with van der Waals surface area (Å²) in [6.45, 7) is 3.13. The second-order valence-electron chi connectivity index (χ2n) is 7.40. The molecule has 0 atom stereocenters. The van der Waals surface area contributed by atoms with Crippen LogP contribution in [0.2, 0.25) is 0 Å². The second-order valence-corrected chi connectivity index (χ2v) is 7.40. The van der Waals surface area contributed by atoms with E-state index in [-0.39, 0.29) is 28.5 Å². The molecular weight excluding hydrogens is 413 g/mol. The lowest BCUT2D eigenvalue weighted by Gasteiger charge is -2.21. The Morgan fingerprint density at radius 3 is 2.29 bits per heavy atom. The molecule has 1 aliphatic rings. The van der Waals surface area contributed by atoms with Crippen LogP contribution in [-0.2, 0) is 16.4 Å². The first kappa shape index (κ1) is 20.5. The van der Waals surface area contributed by atoms with Gasteiger partial charge in [0, 0.05) is 24.2 Å². The molecule has 2 aromatic heterocycles. The van der Waals surface area contributed by atoms with E-state index in [0.717, 1.165) is 11.0 Å². The number of nitrogens with zero attached hydrogens (tertiary/aromatic N) is 4. The Morgan fingerprint density at radius 1 is 1.00 bits per heavy atom. The zero-order chi connectivity index (χ0) is 22.6. The fraction of sp³-hybridized carbons (Fsp3) is 0.190. The number of halogens is 3. The van der Waals surface area contributed by atoms with Crippen molar-refractivity contribution in [1.82, 2.24) is 15.0 Å². The topological polar surface area (TPSA) is 96.3 Å². The molecule has 7 nitrogen and oxygen atoms in total. The maximum atomic E-state index is 13.9. The number of carboxylic acids is 1. The number of carboxylic acid groups (broad SMARTS) is 1. The average molecular weight is 428 g/mol. The summed E-state index contributed by atoms with van der Waals surface area (Å²) in [6.07, 6.45) is -0.799. The SMILES string of the molecule is CC1(C)C(=O)N(c2ncccn2)c2nccc(-c3cccc(C(=O)O)c3C(F)(F)F)c21. The van der Waals surface area contributed by atoms with Crippen molar-refractivity contribution in [3.63, 3.8) is 0 Å². The number of aromatic nitrogens is 3. The molecule has 3 aromatic rings. The third kappa shape index (κ3) is 3.11. The van der Waals surface area contributed by atoms with Gasteiger partial charge in [-0.3, -0.25) is 4.79 Å². The van der Waals surface area contributed by atoms with Gasteiger partial charge in [0.25, 0.3) is 0 Å². The predicted octanol–water partition coefficient (Wildman–Crippen LogP) is 4.21. The zero-order valence-electron chi connectivity index (χ0n) is 16.3. The van der Waals surface area contributed by atoms with Crippen molar-refractivity contribution >= 4 is 23.6 Å². The molecule has 0 fully saturated rings. The molecule has 0 unspecified atom stereocenters. The summed E-state index contributed by atoms with van der Waals surface area (Å²) >= 11 is 0. The van der Waals surface area contributed by atoms with Crippen LogP contribution in [-0.4, -0.2) is 31.9 Å². The number of pyridine rings is 1. The highest BCUT2D eigenvalue weighted by atomic mass is 19.4. The monoisotopic (exact) mass is 428 g/mol. The number of amides is 1. The van der Waals surface area contributed by atoms with Crippen LogP contribution in [0.5, 0.6) is 0 Å². The molecule has 0 radical (unpaired) electrons. The normalized spacial score (nSPS) is 15.1. The van der Waals surface area contributed by atoms with Gasteiger partial charge < -0.3 is 5.11 Å². The Labute approximate surface area is 174 Å². The first-order chi connectivity index (χ1) is 14.5. The summed E-state index contributed by atoms with van der Waals surface area (Å²) in [6, 6.07) is 6.23. The minimum Gasteiger partial charge on any atom is -0.478 e. The van der Waals surface area contributed by atoms with E-state index in [1.807, 2.05) is 0 Å². The zero-order valence-corrected chi connectivity index (χ0v) is 16.3. The summed E-state index contributed by atoms with van der Waals surface area (Å²) in [5.41, 5.74) is -3.46. The number of fused-ring (bicyclic) bond motifs is 1. The molecule has 0 saturated carbocycles. The Balaban J connectivity index is 2.05. The molecular formula is C21H15F3N4O3. The molecule has 1 aliphatic heterocycles. The molecule has 1 amide bonds. The molecule has 1 N–H and O–H groups in total. The molecule has 0 aliphatic carbocycles. The van der Waals surface area contributed by atoms with Gasteiger partial charge in [0.2, 0.25) is 11.9 Å². The van der Waals surface area contributed by atoms with Crippen LogP contribution < -0.4 is 4.90 Å². The van der Waals surface area contributed by atoms with E-state index in [4.69, 9.17) is 0 Å². The van der Waals surface area contributed by atoms with Gasteiger partial charge in [0.15, 0.2) is 0 Å². The Morgan fingerprint density at radius 2 is 1.68 bits per heavy atom. The van der Waals surface area contributed by atoms with Gasteiger partial charge in [0.05, 0.1) is 16.5 Å². The number of hydrogen-bond acceptors (Lipinski definition) is 5. The lowest BCUT2D eigenvalue weighted by atomic mass is 9.81. The number of carbonyl (C=O) groups excluding carboxylic acids is 1. The number of hydrogen-bond donors (Lipinski definition) is 1. The number of carbonyl (C=O) groups is 2. The van der Waals surface area contributed by atoms with Crippen molar-refractivity contribution in [2.45, 2.75) is 25.4 Å². The van der Waals surface area contributed by atoms with E-state index in [1.165, 1.54) is 36.8 Å². The lowest BCUT2D eigenvalue weighted by molar-refractivity contribution is -0.137. The molecule has 0 spiro atoms. The van der Waals surface area contributed by atoms with Gasteiger partial charge in [-0.25, -0.2) is 24.6 Å². The predicted molar refractivity (Wildman–Crippen MR) is 104 cm³/mol. The van der Waals surface area contributed by atoms with Crippen LogP contribution in [0, 0.1) is 0 Å². The van der Waals surface area contributed by atoms with Gasteiger partial charge in [-0.05, 0) is 43.2 Å². The molecule has 3 heterocycles. The van der Waals surface area contributed by atoms with Gasteiger partial charge in [0.1, 0.15) is 5.82 Å². The van der Waals surface area contributed by atoms with Gasteiger partial charge in [-0.2, -0.15) is 13.2 Å². The molecule has 1 aromatic carbocycles. The summed E-state index contributed by atoms with van der Waals surface area (Å²) in [4.78, 5) is 38.2. The molecule has 0 saturated heterocycles. The maximum Gasteiger partial charge on any atom is 0.417 e. The number of aromatic carboxylic acids is 1. The van der Waals surface area contributed by atoms with E-state index in [1.54, 1.807) is 19.9 Å². The van der Waals surface area contributed by atoms with E-state index in [9.17, 15) is 27.9 Å².